The third kappa shape index (κ3) is 4.45. The van der Waals surface area contributed by atoms with Gasteiger partial charge in [0.15, 0.2) is 0 Å². The summed E-state index contributed by atoms with van der Waals surface area (Å²) in [5.41, 5.74) is 5.09. The molecule has 24 heavy (non-hydrogen) atoms. The fraction of sp³-hybridized carbons (Fsp3) is 0.250. The minimum absolute atomic E-state index is 0.132. The van der Waals surface area contributed by atoms with Crippen LogP contribution in [0, 0.1) is 10.1 Å². The van der Waals surface area contributed by atoms with E-state index in [1.807, 2.05) is 0 Å². The Morgan fingerprint density at radius 3 is 2.54 bits per heavy atom. The van der Waals surface area contributed by atoms with Crippen LogP contribution in [-0.2, 0) is 12.6 Å². The SMILES string of the molecule is CC(N)Cc1ccc(Oc2cccc(C(F)(F)F)c2)c([N+](=O)[O-])c1. The second-order valence-electron chi connectivity index (χ2n) is 5.37. The van der Waals surface area contributed by atoms with Crippen LogP contribution >= 0.6 is 0 Å². The topological polar surface area (TPSA) is 78.4 Å². The van der Waals surface area contributed by atoms with Gasteiger partial charge in [-0.05, 0) is 43.2 Å². The largest absolute Gasteiger partial charge is 0.450 e. The normalized spacial score (nSPS) is 12.7. The van der Waals surface area contributed by atoms with Crippen LogP contribution in [-0.4, -0.2) is 11.0 Å². The molecule has 8 heteroatoms. The first kappa shape index (κ1) is 17.7. The van der Waals surface area contributed by atoms with Crippen molar-refractivity contribution >= 4 is 5.69 Å². The second-order valence-corrected chi connectivity index (χ2v) is 5.37. The molecule has 0 saturated heterocycles. The van der Waals surface area contributed by atoms with E-state index in [4.69, 9.17) is 10.5 Å². The summed E-state index contributed by atoms with van der Waals surface area (Å²) >= 11 is 0. The number of halogens is 3. The van der Waals surface area contributed by atoms with Gasteiger partial charge in [-0.15, -0.1) is 0 Å². The molecule has 1 unspecified atom stereocenters. The van der Waals surface area contributed by atoms with E-state index < -0.39 is 16.7 Å². The van der Waals surface area contributed by atoms with Gasteiger partial charge in [0.1, 0.15) is 5.75 Å². The van der Waals surface area contributed by atoms with Crippen LogP contribution in [0.5, 0.6) is 11.5 Å². The number of hydrogen-bond donors (Lipinski definition) is 1. The van der Waals surface area contributed by atoms with E-state index in [-0.39, 0.29) is 23.2 Å². The summed E-state index contributed by atoms with van der Waals surface area (Å²) in [6, 6.07) is 8.25. The average molecular weight is 340 g/mol. The minimum Gasteiger partial charge on any atom is -0.450 e. The fourth-order valence-electron chi connectivity index (χ4n) is 2.15. The number of nitrogens with zero attached hydrogens (tertiary/aromatic N) is 1. The fourth-order valence-corrected chi connectivity index (χ4v) is 2.15. The molecule has 0 aliphatic rings. The molecule has 128 valence electrons. The van der Waals surface area contributed by atoms with Crippen LogP contribution in [0.25, 0.3) is 0 Å². The zero-order valence-corrected chi connectivity index (χ0v) is 12.7. The standard InChI is InChI=1S/C16H15F3N2O3/c1-10(20)7-11-5-6-15(14(8-11)21(22)23)24-13-4-2-3-12(9-13)16(17,18)19/h2-6,8-10H,7,20H2,1H3. The first-order valence-electron chi connectivity index (χ1n) is 7.05. The smallest absolute Gasteiger partial charge is 0.416 e. The number of alkyl halides is 3. The van der Waals surface area contributed by atoms with Crippen LogP contribution in [0.4, 0.5) is 18.9 Å². The van der Waals surface area contributed by atoms with Gasteiger partial charge in [0.2, 0.25) is 5.75 Å². The molecule has 0 aliphatic heterocycles. The quantitative estimate of drug-likeness (QED) is 0.650. The highest BCUT2D eigenvalue weighted by Crippen LogP contribution is 2.35. The van der Waals surface area contributed by atoms with Crippen molar-refractivity contribution in [2.24, 2.45) is 5.73 Å². The Hall–Kier alpha value is -2.61. The molecule has 2 aromatic rings. The number of rotatable bonds is 5. The number of hydrogen-bond acceptors (Lipinski definition) is 4. The maximum Gasteiger partial charge on any atom is 0.416 e. The Labute approximate surface area is 136 Å². The summed E-state index contributed by atoms with van der Waals surface area (Å²) in [4.78, 5) is 10.5. The van der Waals surface area contributed by atoms with Crippen LogP contribution in [0.2, 0.25) is 0 Å². The van der Waals surface area contributed by atoms with Gasteiger partial charge in [0.25, 0.3) is 0 Å². The number of benzene rings is 2. The van der Waals surface area contributed by atoms with E-state index in [1.165, 1.54) is 24.3 Å². The zero-order chi connectivity index (χ0) is 17.9. The molecule has 0 aliphatic carbocycles. The van der Waals surface area contributed by atoms with Crippen molar-refractivity contribution in [3.8, 4) is 11.5 Å². The van der Waals surface area contributed by atoms with Crippen LogP contribution in [0.15, 0.2) is 42.5 Å². The molecule has 0 spiro atoms. The van der Waals surface area contributed by atoms with E-state index in [1.54, 1.807) is 13.0 Å². The first-order valence-corrected chi connectivity index (χ1v) is 7.05. The molecule has 0 aromatic heterocycles. The van der Waals surface area contributed by atoms with E-state index in [0.29, 0.717) is 12.0 Å². The lowest BCUT2D eigenvalue weighted by atomic mass is 10.1. The van der Waals surface area contributed by atoms with Crippen LogP contribution < -0.4 is 10.5 Å². The lowest BCUT2D eigenvalue weighted by molar-refractivity contribution is -0.385. The molecule has 5 nitrogen and oxygen atoms in total. The second kappa shape index (κ2) is 6.88. The number of ether oxygens (including phenoxy) is 1. The lowest BCUT2D eigenvalue weighted by Gasteiger charge is -2.11. The van der Waals surface area contributed by atoms with Crippen LogP contribution in [0.3, 0.4) is 0 Å². The van der Waals surface area contributed by atoms with Crippen molar-refractivity contribution in [3.05, 3.63) is 63.7 Å². The van der Waals surface area contributed by atoms with Crippen molar-refractivity contribution in [2.75, 3.05) is 0 Å². The van der Waals surface area contributed by atoms with Crippen molar-refractivity contribution in [2.45, 2.75) is 25.6 Å². The van der Waals surface area contributed by atoms with Gasteiger partial charge in [-0.25, -0.2) is 0 Å². The van der Waals surface area contributed by atoms with Crippen molar-refractivity contribution < 1.29 is 22.8 Å². The van der Waals surface area contributed by atoms with Crippen LogP contribution in [0.1, 0.15) is 18.1 Å². The molecule has 0 amide bonds. The van der Waals surface area contributed by atoms with Gasteiger partial charge in [0, 0.05) is 12.1 Å². The highest BCUT2D eigenvalue weighted by atomic mass is 19.4. The predicted molar refractivity (Wildman–Crippen MR) is 82.0 cm³/mol. The minimum atomic E-state index is -4.52. The Kier molecular flexibility index (Phi) is 5.08. The van der Waals surface area contributed by atoms with Gasteiger partial charge in [0.05, 0.1) is 10.5 Å². The molecule has 0 bridgehead atoms. The van der Waals surface area contributed by atoms with Gasteiger partial charge in [-0.2, -0.15) is 13.2 Å². The Bertz CT molecular complexity index is 746. The first-order chi connectivity index (χ1) is 11.2. The lowest BCUT2D eigenvalue weighted by Crippen LogP contribution is -2.17. The summed E-state index contributed by atoms with van der Waals surface area (Å²) in [5.74, 6) is -0.263. The molecule has 0 heterocycles. The molecule has 0 fully saturated rings. The van der Waals surface area contributed by atoms with E-state index in [2.05, 4.69) is 0 Å². The molecule has 2 N–H and O–H groups in total. The summed E-state index contributed by atoms with van der Waals surface area (Å²) < 4.78 is 43.4. The highest BCUT2D eigenvalue weighted by molar-refractivity contribution is 5.51. The number of nitro groups is 1. The Morgan fingerprint density at radius 2 is 1.96 bits per heavy atom. The van der Waals surface area contributed by atoms with Crippen molar-refractivity contribution in [1.82, 2.24) is 0 Å². The van der Waals surface area contributed by atoms with Gasteiger partial charge >= 0.3 is 11.9 Å². The monoisotopic (exact) mass is 340 g/mol. The molecule has 1 atom stereocenters. The summed E-state index contributed by atoms with van der Waals surface area (Å²) in [5, 5.41) is 11.2. The zero-order valence-electron chi connectivity index (χ0n) is 12.7. The Balaban J connectivity index is 2.34. The molecule has 0 saturated carbocycles. The molecular weight excluding hydrogens is 325 g/mol. The highest BCUT2D eigenvalue weighted by Gasteiger charge is 2.30. The van der Waals surface area contributed by atoms with Gasteiger partial charge < -0.3 is 10.5 Å². The van der Waals surface area contributed by atoms with E-state index in [9.17, 15) is 23.3 Å². The van der Waals surface area contributed by atoms with E-state index >= 15 is 0 Å². The average Bonchev–Trinajstić information content (AvgIpc) is 2.47. The van der Waals surface area contributed by atoms with Gasteiger partial charge in [-0.1, -0.05) is 12.1 Å². The number of nitrogens with two attached hydrogens (primary N) is 1. The summed E-state index contributed by atoms with van der Waals surface area (Å²) in [7, 11) is 0. The third-order valence-electron chi connectivity index (χ3n) is 3.17. The maximum absolute atomic E-state index is 12.7. The predicted octanol–water partition coefficient (Wildman–Crippen LogP) is 4.30. The molecule has 2 rings (SSSR count). The number of nitro benzene ring substituents is 1. The molecule has 2 aromatic carbocycles. The molecule has 0 radical (unpaired) electrons. The van der Waals surface area contributed by atoms with E-state index in [0.717, 1.165) is 12.1 Å². The molecular formula is C16H15F3N2O3. The van der Waals surface area contributed by atoms with Crippen molar-refractivity contribution in [3.63, 3.8) is 0 Å². The maximum atomic E-state index is 12.7. The summed E-state index contributed by atoms with van der Waals surface area (Å²) in [6.07, 6.45) is -4.09. The van der Waals surface area contributed by atoms with Gasteiger partial charge in [-0.3, -0.25) is 10.1 Å². The Morgan fingerprint density at radius 1 is 1.25 bits per heavy atom. The summed E-state index contributed by atoms with van der Waals surface area (Å²) in [6.45, 7) is 1.76. The third-order valence-corrected chi connectivity index (χ3v) is 3.17. The van der Waals surface area contributed by atoms with Crippen molar-refractivity contribution in [1.29, 1.82) is 0 Å².